The van der Waals surface area contributed by atoms with E-state index in [2.05, 4.69) is 0 Å². The second kappa shape index (κ2) is 3.30. The lowest BCUT2D eigenvalue weighted by Gasteiger charge is -1.89. The Morgan fingerprint density at radius 1 is 1.56 bits per heavy atom. The standard InChI is InChI=1S/C7H10NO/c8-5-1-3-7-4-2-6-9-7/h2,4,6,8H,1,3,5H2. The second-order valence-electron chi connectivity index (χ2n) is 1.93. The second-order valence-corrected chi connectivity index (χ2v) is 1.93. The summed E-state index contributed by atoms with van der Waals surface area (Å²) < 4.78 is 5.05. The summed E-state index contributed by atoms with van der Waals surface area (Å²) in [5, 5.41) is 0. The average molecular weight is 124 g/mol. The normalized spacial score (nSPS) is 9.89. The van der Waals surface area contributed by atoms with Crippen molar-refractivity contribution in [1.29, 1.82) is 0 Å². The number of furan rings is 1. The fraction of sp³-hybridized carbons (Fsp3) is 0.429. The van der Waals surface area contributed by atoms with Gasteiger partial charge in [0.25, 0.3) is 0 Å². The molecule has 1 rings (SSSR count). The zero-order chi connectivity index (χ0) is 6.53. The van der Waals surface area contributed by atoms with Gasteiger partial charge in [0.05, 0.1) is 6.26 Å². The Morgan fingerprint density at radius 2 is 2.44 bits per heavy atom. The molecule has 2 heteroatoms. The van der Waals surface area contributed by atoms with Gasteiger partial charge in [0.15, 0.2) is 0 Å². The average Bonchev–Trinajstić information content (AvgIpc) is 2.34. The Kier molecular flexibility index (Phi) is 2.33. The SMILES string of the molecule is [NH]CCCc1ccco1. The number of rotatable bonds is 3. The van der Waals surface area contributed by atoms with Crippen LogP contribution >= 0.6 is 0 Å². The molecule has 1 aromatic rings. The number of hydrogen-bond acceptors (Lipinski definition) is 1. The quantitative estimate of drug-likeness (QED) is 0.601. The van der Waals surface area contributed by atoms with E-state index in [1.807, 2.05) is 12.1 Å². The topological polar surface area (TPSA) is 36.9 Å². The highest BCUT2D eigenvalue weighted by Gasteiger charge is 1.91. The Labute approximate surface area is 54.7 Å². The van der Waals surface area contributed by atoms with E-state index in [4.69, 9.17) is 10.2 Å². The molecule has 0 aromatic carbocycles. The Morgan fingerprint density at radius 3 is 3.00 bits per heavy atom. The summed E-state index contributed by atoms with van der Waals surface area (Å²) in [6.45, 7) is 0.487. The summed E-state index contributed by atoms with van der Waals surface area (Å²) in [6, 6.07) is 3.81. The first-order valence-corrected chi connectivity index (χ1v) is 3.10. The van der Waals surface area contributed by atoms with E-state index in [0.29, 0.717) is 6.54 Å². The maximum atomic E-state index is 6.86. The van der Waals surface area contributed by atoms with Crippen LogP contribution in [0.2, 0.25) is 0 Å². The van der Waals surface area contributed by atoms with Crippen molar-refractivity contribution in [2.24, 2.45) is 0 Å². The van der Waals surface area contributed by atoms with Crippen LogP contribution in [-0.4, -0.2) is 6.54 Å². The lowest BCUT2D eigenvalue weighted by atomic mass is 10.2. The molecule has 1 heterocycles. The summed E-state index contributed by atoms with van der Waals surface area (Å²) >= 11 is 0. The molecule has 0 unspecified atom stereocenters. The van der Waals surface area contributed by atoms with Gasteiger partial charge in [0.2, 0.25) is 0 Å². The predicted molar refractivity (Wildman–Crippen MR) is 35.0 cm³/mol. The molecule has 2 nitrogen and oxygen atoms in total. The zero-order valence-electron chi connectivity index (χ0n) is 5.26. The van der Waals surface area contributed by atoms with Gasteiger partial charge in [-0.15, -0.1) is 0 Å². The van der Waals surface area contributed by atoms with Crippen molar-refractivity contribution in [2.45, 2.75) is 12.8 Å². The van der Waals surface area contributed by atoms with Gasteiger partial charge in [-0.1, -0.05) is 0 Å². The van der Waals surface area contributed by atoms with E-state index < -0.39 is 0 Å². The number of aryl methyl sites for hydroxylation is 1. The lowest BCUT2D eigenvalue weighted by Crippen LogP contribution is -1.87. The molecule has 0 spiro atoms. The third-order valence-electron chi connectivity index (χ3n) is 1.18. The van der Waals surface area contributed by atoms with Gasteiger partial charge in [-0.2, -0.15) is 0 Å². The number of nitrogens with one attached hydrogen (secondary N) is 1. The summed E-state index contributed by atoms with van der Waals surface area (Å²) in [6.07, 6.45) is 3.46. The summed E-state index contributed by atoms with van der Waals surface area (Å²) in [4.78, 5) is 0. The Balaban J connectivity index is 2.30. The highest BCUT2D eigenvalue weighted by molar-refractivity contribution is 4.97. The smallest absolute Gasteiger partial charge is 0.103 e. The molecular weight excluding hydrogens is 114 g/mol. The van der Waals surface area contributed by atoms with Crippen molar-refractivity contribution in [3.05, 3.63) is 24.2 Å². The highest BCUT2D eigenvalue weighted by Crippen LogP contribution is 2.01. The third-order valence-corrected chi connectivity index (χ3v) is 1.18. The summed E-state index contributed by atoms with van der Waals surface area (Å²) in [5.74, 6) is 0.988. The monoisotopic (exact) mass is 124 g/mol. The van der Waals surface area contributed by atoms with E-state index >= 15 is 0 Å². The van der Waals surface area contributed by atoms with Gasteiger partial charge in [-0.25, -0.2) is 0 Å². The van der Waals surface area contributed by atoms with E-state index in [1.54, 1.807) is 6.26 Å². The fourth-order valence-electron chi connectivity index (χ4n) is 0.717. The molecule has 0 atom stereocenters. The number of hydrogen-bond donors (Lipinski definition) is 0. The van der Waals surface area contributed by atoms with Crippen LogP contribution in [0.25, 0.3) is 0 Å². The first kappa shape index (κ1) is 6.36. The largest absolute Gasteiger partial charge is 0.469 e. The van der Waals surface area contributed by atoms with Crippen molar-refractivity contribution >= 4 is 0 Å². The molecule has 0 bridgehead atoms. The van der Waals surface area contributed by atoms with E-state index in [0.717, 1.165) is 18.6 Å². The van der Waals surface area contributed by atoms with Gasteiger partial charge in [-0.05, 0) is 18.6 Å². The van der Waals surface area contributed by atoms with Crippen molar-refractivity contribution in [2.75, 3.05) is 6.54 Å². The fourth-order valence-corrected chi connectivity index (χ4v) is 0.717. The summed E-state index contributed by atoms with van der Waals surface area (Å²) in [5.41, 5.74) is 6.86. The van der Waals surface area contributed by atoms with Gasteiger partial charge in [0.1, 0.15) is 5.76 Å². The molecule has 0 fully saturated rings. The van der Waals surface area contributed by atoms with Crippen LogP contribution in [0.1, 0.15) is 12.2 Å². The molecule has 1 radical (unpaired) electrons. The van der Waals surface area contributed by atoms with Gasteiger partial charge in [0, 0.05) is 13.0 Å². The maximum absolute atomic E-state index is 6.86. The molecule has 0 saturated heterocycles. The molecule has 0 saturated carbocycles. The third kappa shape index (κ3) is 1.90. The van der Waals surface area contributed by atoms with Crippen LogP contribution in [0, 0.1) is 0 Å². The van der Waals surface area contributed by atoms with E-state index in [-0.39, 0.29) is 0 Å². The molecule has 49 valence electrons. The summed E-state index contributed by atoms with van der Waals surface area (Å²) in [7, 11) is 0. The first-order valence-electron chi connectivity index (χ1n) is 3.10. The predicted octanol–water partition coefficient (Wildman–Crippen LogP) is 1.50. The van der Waals surface area contributed by atoms with Crippen LogP contribution in [0.5, 0.6) is 0 Å². The molecule has 0 amide bonds. The zero-order valence-corrected chi connectivity index (χ0v) is 5.26. The van der Waals surface area contributed by atoms with Crippen LogP contribution in [0.4, 0.5) is 0 Å². The lowest BCUT2D eigenvalue weighted by molar-refractivity contribution is 0.502. The van der Waals surface area contributed by atoms with Gasteiger partial charge >= 0.3 is 0 Å². The molecule has 0 aliphatic carbocycles. The minimum absolute atomic E-state index is 0.487. The molecule has 0 aliphatic rings. The Hall–Kier alpha value is -0.760. The van der Waals surface area contributed by atoms with Crippen molar-refractivity contribution in [1.82, 2.24) is 5.73 Å². The van der Waals surface area contributed by atoms with Crippen LogP contribution < -0.4 is 5.73 Å². The maximum Gasteiger partial charge on any atom is 0.103 e. The minimum atomic E-state index is 0.487. The van der Waals surface area contributed by atoms with Crippen LogP contribution in [-0.2, 0) is 6.42 Å². The van der Waals surface area contributed by atoms with E-state index in [1.165, 1.54) is 0 Å². The highest BCUT2D eigenvalue weighted by atomic mass is 16.3. The molecule has 0 aliphatic heterocycles. The molecule has 9 heavy (non-hydrogen) atoms. The van der Waals surface area contributed by atoms with Gasteiger partial charge < -0.3 is 4.42 Å². The van der Waals surface area contributed by atoms with Crippen molar-refractivity contribution < 1.29 is 4.42 Å². The minimum Gasteiger partial charge on any atom is -0.469 e. The Bertz CT molecular complexity index is 146. The molecule has 1 N–H and O–H groups in total. The van der Waals surface area contributed by atoms with Crippen molar-refractivity contribution in [3.8, 4) is 0 Å². The van der Waals surface area contributed by atoms with Crippen LogP contribution in [0.15, 0.2) is 22.8 Å². The first-order chi connectivity index (χ1) is 4.43. The van der Waals surface area contributed by atoms with Crippen LogP contribution in [0.3, 0.4) is 0 Å². The van der Waals surface area contributed by atoms with Gasteiger partial charge in [-0.3, -0.25) is 5.73 Å². The van der Waals surface area contributed by atoms with Crippen molar-refractivity contribution in [3.63, 3.8) is 0 Å². The molecular formula is C7H10NO. The van der Waals surface area contributed by atoms with E-state index in [9.17, 15) is 0 Å². The molecule has 1 aromatic heterocycles.